The van der Waals surface area contributed by atoms with E-state index in [1.165, 1.54) is 12.1 Å². The molecular weight excluding hydrogens is 375 g/mol. The van der Waals surface area contributed by atoms with Crippen LogP contribution < -0.4 is 11.4 Å². The molecule has 0 unspecified atom stereocenters. The van der Waals surface area contributed by atoms with Crippen LogP contribution in [0.4, 0.5) is 5.69 Å². The van der Waals surface area contributed by atoms with E-state index in [9.17, 15) is 10.1 Å². The van der Waals surface area contributed by atoms with Crippen LogP contribution in [-0.2, 0) is 0 Å². The van der Waals surface area contributed by atoms with E-state index in [4.69, 9.17) is 16.4 Å². The normalized spacial score (nSPS) is 14.5. The average Bonchev–Trinajstić information content (AvgIpc) is 2.70. The molecule has 28 heavy (non-hydrogen) atoms. The number of para-hydroxylation sites is 2. The van der Waals surface area contributed by atoms with Gasteiger partial charge >= 0.3 is 15.1 Å². The van der Waals surface area contributed by atoms with Gasteiger partial charge in [0.1, 0.15) is 6.04 Å². The number of nitro groups is 1. The Morgan fingerprint density at radius 1 is 0.857 bits per heavy atom. The molecule has 0 aliphatic carbocycles. The number of nitro benzene ring substituents is 1. The SMILES string of the molecule is O=[N+]([O-])c1ccc2c(c1)C=NC1c3ccccc3[O][Al]([O]2)[O]c2ccccc21. The van der Waals surface area contributed by atoms with Crippen molar-refractivity contribution in [1.82, 2.24) is 0 Å². The summed E-state index contributed by atoms with van der Waals surface area (Å²) in [5.41, 5.74) is 2.27. The molecule has 2 bridgehead atoms. The van der Waals surface area contributed by atoms with Crippen LogP contribution in [0.15, 0.2) is 71.7 Å². The molecule has 0 atom stereocenters. The third kappa shape index (κ3) is 2.89. The molecule has 0 aromatic heterocycles. The Morgan fingerprint density at radius 2 is 1.46 bits per heavy atom. The van der Waals surface area contributed by atoms with Crippen LogP contribution >= 0.6 is 0 Å². The fourth-order valence-electron chi connectivity index (χ4n) is 3.35. The van der Waals surface area contributed by atoms with Crippen molar-refractivity contribution in [3.05, 3.63) is 93.5 Å². The summed E-state index contributed by atoms with van der Waals surface area (Å²) in [7, 11) is 0. The molecule has 6 rings (SSSR count). The minimum Gasteiger partial charge on any atom is -0.577 e. The molecule has 0 fully saturated rings. The number of non-ortho nitro benzene ring substituents is 1. The van der Waals surface area contributed by atoms with Crippen LogP contribution in [0.5, 0.6) is 17.2 Å². The van der Waals surface area contributed by atoms with Gasteiger partial charge in [-0.2, -0.15) is 0 Å². The lowest BCUT2D eigenvalue weighted by atomic mass is 9.97. The van der Waals surface area contributed by atoms with E-state index in [-0.39, 0.29) is 11.7 Å². The third-order valence-corrected chi connectivity index (χ3v) is 6.00. The van der Waals surface area contributed by atoms with E-state index >= 15 is 0 Å². The predicted molar refractivity (Wildman–Crippen MR) is 103 cm³/mol. The minimum atomic E-state index is -2.69. The Kier molecular flexibility index (Phi) is 4.01. The summed E-state index contributed by atoms with van der Waals surface area (Å²) in [4.78, 5) is 15.5. The summed E-state index contributed by atoms with van der Waals surface area (Å²) in [5, 5.41) is 11.2. The molecule has 136 valence electrons. The number of hydrogen-bond donors (Lipinski definition) is 0. The van der Waals surface area contributed by atoms with Gasteiger partial charge in [-0.05, 0) is 18.2 Å². The molecule has 3 aliphatic heterocycles. The van der Waals surface area contributed by atoms with Crippen LogP contribution in [0.2, 0.25) is 0 Å². The maximum absolute atomic E-state index is 11.2. The molecule has 7 nitrogen and oxygen atoms in total. The third-order valence-electron chi connectivity index (χ3n) is 4.66. The number of hydrogen-bond acceptors (Lipinski definition) is 6. The summed E-state index contributed by atoms with van der Waals surface area (Å²) in [6.45, 7) is 0. The monoisotopic (exact) mass is 388 g/mol. The van der Waals surface area contributed by atoms with E-state index in [1.54, 1.807) is 12.3 Å². The number of aliphatic imine (C=N–C) groups is 1. The van der Waals surface area contributed by atoms with Crippen LogP contribution in [0, 0.1) is 10.1 Å². The van der Waals surface area contributed by atoms with Crippen molar-refractivity contribution in [3.63, 3.8) is 0 Å². The van der Waals surface area contributed by atoms with E-state index < -0.39 is 20.1 Å². The summed E-state index contributed by atoms with van der Waals surface area (Å²) in [6.07, 6.45) is 1.63. The maximum Gasteiger partial charge on any atom is 1.20 e. The molecule has 3 heterocycles. The van der Waals surface area contributed by atoms with Crippen molar-refractivity contribution in [2.75, 3.05) is 0 Å². The van der Waals surface area contributed by atoms with Crippen molar-refractivity contribution < 1.29 is 16.3 Å². The topological polar surface area (TPSA) is 83.2 Å². The zero-order chi connectivity index (χ0) is 19.1. The lowest BCUT2D eigenvalue weighted by Gasteiger charge is -2.28. The van der Waals surface area contributed by atoms with Gasteiger partial charge in [-0.15, -0.1) is 0 Å². The predicted octanol–water partition coefficient (Wildman–Crippen LogP) is 3.95. The molecule has 0 saturated carbocycles. The fourth-order valence-corrected chi connectivity index (χ4v) is 4.76. The summed E-state index contributed by atoms with van der Waals surface area (Å²) in [5.74, 6) is 1.78. The second kappa shape index (κ2) is 6.68. The van der Waals surface area contributed by atoms with Gasteiger partial charge in [0, 0.05) is 35.0 Å². The van der Waals surface area contributed by atoms with Crippen LogP contribution in [0.1, 0.15) is 22.7 Å². The number of rotatable bonds is 1. The van der Waals surface area contributed by atoms with Gasteiger partial charge < -0.3 is 11.4 Å². The number of benzene rings is 3. The Bertz CT molecular complexity index is 1070. The first kappa shape index (κ1) is 16.8. The molecular formula is C20H13AlN2O5. The van der Waals surface area contributed by atoms with Gasteiger partial charge in [-0.1, -0.05) is 36.4 Å². The zero-order valence-corrected chi connectivity index (χ0v) is 15.7. The highest BCUT2D eigenvalue weighted by molar-refractivity contribution is 6.40. The lowest BCUT2D eigenvalue weighted by Crippen LogP contribution is -2.39. The van der Waals surface area contributed by atoms with Gasteiger partial charge in [0.15, 0.2) is 0 Å². The first-order chi connectivity index (χ1) is 13.7. The Hall–Kier alpha value is -3.34. The lowest BCUT2D eigenvalue weighted by molar-refractivity contribution is -0.384. The van der Waals surface area contributed by atoms with E-state index in [1.807, 2.05) is 48.5 Å². The van der Waals surface area contributed by atoms with Crippen LogP contribution in [0.3, 0.4) is 0 Å². The van der Waals surface area contributed by atoms with Gasteiger partial charge in [0.25, 0.3) is 5.69 Å². The largest absolute Gasteiger partial charge is 1.20 e. The molecule has 0 radical (unpaired) electrons. The molecule has 0 amide bonds. The maximum atomic E-state index is 11.2. The first-order valence-electron chi connectivity index (χ1n) is 8.68. The van der Waals surface area contributed by atoms with E-state index in [0.29, 0.717) is 22.8 Å². The molecule has 3 aliphatic rings. The van der Waals surface area contributed by atoms with Crippen molar-refractivity contribution in [1.29, 1.82) is 0 Å². The highest BCUT2D eigenvalue weighted by Gasteiger charge is 2.48. The second-order valence-corrected chi connectivity index (χ2v) is 7.66. The average molecular weight is 388 g/mol. The highest BCUT2D eigenvalue weighted by Crippen LogP contribution is 2.40. The van der Waals surface area contributed by atoms with Crippen LogP contribution in [0.25, 0.3) is 0 Å². The van der Waals surface area contributed by atoms with Crippen molar-refractivity contribution in [2.45, 2.75) is 6.04 Å². The fraction of sp³-hybridized carbons (Fsp3) is 0.0500. The van der Waals surface area contributed by atoms with Gasteiger partial charge in [-0.3, -0.25) is 15.1 Å². The van der Waals surface area contributed by atoms with Gasteiger partial charge in [0.2, 0.25) is 0 Å². The summed E-state index contributed by atoms with van der Waals surface area (Å²) >= 11 is -2.69. The molecule has 3 aromatic rings. The van der Waals surface area contributed by atoms with Gasteiger partial charge in [-0.25, -0.2) is 0 Å². The Balaban J connectivity index is 1.75. The summed E-state index contributed by atoms with van der Waals surface area (Å²) in [6, 6.07) is 19.3. The minimum absolute atomic E-state index is 0.0275. The molecule has 0 N–H and O–H groups in total. The highest BCUT2D eigenvalue weighted by atomic mass is 27.3. The standard InChI is InChI=1S/C20H16N2O5.Al/c23-17-10-9-14(22(26)27)11-13(17)12-21-20(15-5-1-3-7-18(15)24)16-6-2-4-8-19(16)25;/h1-12,20,23-25H;/q;+3/p-3. The smallest absolute Gasteiger partial charge is 0.577 e. The van der Waals surface area contributed by atoms with E-state index in [0.717, 1.165) is 11.1 Å². The van der Waals surface area contributed by atoms with Crippen LogP contribution in [-0.4, -0.2) is 26.3 Å². The van der Waals surface area contributed by atoms with Gasteiger partial charge in [0.05, 0.1) is 22.2 Å². The molecule has 8 heteroatoms. The number of nitrogens with zero attached hydrogens (tertiary/aromatic N) is 2. The first-order valence-corrected chi connectivity index (χ1v) is 10.1. The quantitative estimate of drug-likeness (QED) is 0.358. The van der Waals surface area contributed by atoms with Crippen molar-refractivity contribution >= 4 is 27.1 Å². The molecule has 3 aromatic carbocycles. The zero-order valence-electron chi connectivity index (χ0n) is 14.5. The van der Waals surface area contributed by atoms with Crippen molar-refractivity contribution in [2.24, 2.45) is 4.99 Å². The molecule has 0 spiro atoms. The summed E-state index contributed by atoms with van der Waals surface area (Å²) < 4.78 is 18.3. The second-order valence-electron chi connectivity index (χ2n) is 6.38. The van der Waals surface area contributed by atoms with Crippen molar-refractivity contribution in [3.8, 4) is 17.2 Å². The van der Waals surface area contributed by atoms with E-state index in [2.05, 4.69) is 0 Å². The Labute approximate surface area is 165 Å². The molecule has 0 saturated heterocycles. The Morgan fingerprint density at radius 3 is 2.11 bits per heavy atom.